The van der Waals surface area contributed by atoms with E-state index in [1.165, 1.54) is 17.4 Å². The van der Waals surface area contributed by atoms with Gasteiger partial charge in [-0.25, -0.2) is 9.79 Å². The number of ether oxygens (including phenoxy) is 1. The third kappa shape index (κ3) is 3.85. The van der Waals surface area contributed by atoms with Crippen molar-refractivity contribution in [3.05, 3.63) is 56.9 Å². The van der Waals surface area contributed by atoms with E-state index in [4.69, 9.17) is 4.74 Å². The molecule has 1 N–H and O–H groups in total. The number of carbonyl (C=O) groups is 2. The molecule has 0 saturated heterocycles. The summed E-state index contributed by atoms with van der Waals surface area (Å²) in [6.07, 6.45) is 2.62. The number of esters is 1. The first-order valence-electron chi connectivity index (χ1n) is 7.96. The highest BCUT2D eigenvalue weighted by molar-refractivity contribution is 7.14. The predicted molar refractivity (Wildman–Crippen MR) is 99.8 cm³/mol. The number of carbonyl (C=O) groups excluding carboxylic acids is 2. The van der Waals surface area contributed by atoms with Gasteiger partial charge in [-0.3, -0.25) is 4.79 Å². The summed E-state index contributed by atoms with van der Waals surface area (Å²) in [5.41, 5.74) is 2.97. The summed E-state index contributed by atoms with van der Waals surface area (Å²) in [7, 11) is 0. The number of hydrogen-bond donors (Lipinski definition) is 1. The zero-order chi connectivity index (χ0) is 18.0. The summed E-state index contributed by atoms with van der Waals surface area (Å²) in [4.78, 5) is 29.6. The molecule has 1 aromatic heterocycles. The smallest absolute Gasteiger partial charge is 0.363 e. The fourth-order valence-electron chi connectivity index (χ4n) is 2.51. The fraction of sp³-hybridized carbons (Fsp3) is 0.211. The highest BCUT2D eigenvalue weighted by Gasteiger charge is 2.25. The monoisotopic (exact) mass is 354 g/mol. The van der Waals surface area contributed by atoms with Crippen molar-refractivity contribution in [2.24, 2.45) is 4.99 Å². The molecule has 0 radical (unpaired) electrons. The lowest BCUT2D eigenvalue weighted by molar-refractivity contribution is -0.129. The molecule has 1 aliphatic heterocycles. The molecule has 5 nitrogen and oxygen atoms in total. The van der Waals surface area contributed by atoms with Crippen molar-refractivity contribution in [2.45, 2.75) is 27.2 Å². The first-order valence-corrected chi connectivity index (χ1v) is 8.78. The Balaban J connectivity index is 1.84. The largest absolute Gasteiger partial charge is 0.401 e. The van der Waals surface area contributed by atoms with Crippen LogP contribution in [0.2, 0.25) is 0 Å². The number of rotatable bonds is 4. The number of thiophene rings is 1. The molecule has 3 rings (SSSR count). The molecule has 0 bridgehead atoms. The average Bonchev–Trinajstić information content (AvgIpc) is 3.12. The topological polar surface area (TPSA) is 67.8 Å². The van der Waals surface area contributed by atoms with Gasteiger partial charge in [-0.15, -0.1) is 11.3 Å². The van der Waals surface area contributed by atoms with Crippen LogP contribution in [0.25, 0.3) is 6.08 Å². The molecule has 128 valence electrons. The number of nitrogens with one attached hydrogen (secondary N) is 1. The average molecular weight is 354 g/mol. The summed E-state index contributed by atoms with van der Waals surface area (Å²) < 4.78 is 5.32. The predicted octanol–water partition coefficient (Wildman–Crippen LogP) is 3.92. The maximum absolute atomic E-state index is 12.1. The van der Waals surface area contributed by atoms with E-state index in [-0.39, 0.29) is 11.6 Å². The molecule has 2 heterocycles. The minimum atomic E-state index is -0.454. The number of hydrogen-bond acceptors (Lipinski definition) is 5. The first-order chi connectivity index (χ1) is 12.0. The van der Waals surface area contributed by atoms with Crippen molar-refractivity contribution < 1.29 is 14.3 Å². The van der Waals surface area contributed by atoms with E-state index in [0.29, 0.717) is 11.6 Å². The number of benzene rings is 1. The molecular weight excluding hydrogens is 336 g/mol. The summed E-state index contributed by atoms with van der Waals surface area (Å²) in [5, 5.41) is 2.70. The molecule has 1 aromatic carbocycles. The Morgan fingerprint density at radius 1 is 1.32 bits per heavy atom. The van der Waals surface area contributed by atoms with E-state index in [1.54, 1.807) is 29.5 Å². The zero-order valence-corrected chi connectivity index (χ0v) is 15.1. The number of aryl methyl sites for hydroxylation is 2. The van der Waals surface area contributed by atoms with E-state index in [9.17, 15) is 9.59 Å². The third-order valence-electron chi connectivity index (χ3n) is 3.71. The van der Waals surface area contributed by atoms with Crippen LogP contribution in [-0.4, -0.2) is 17.8 Å². The summed E-state index contributed by atoms with van der Waals surface area (Å²) in [6, 6.07) is 9.16. The fourth-order valence-corrected chi connectivity index (χ4v) is 3.55. The van der Waals surface area contributed by atoms with Crippen molar-refractivity contribution in [3.8, 4) is 0 Å². The van der Waals surface area contributed by atoms with Crippen molar-refractivity contribution in [2.75, 3.05) is 5.32 Å². The van der Waals surface area contributed by atoms with E-state index in [2.05, 4.69) is 17.2 Å². The second-order valence-corrected chi connectivity index (χ2v) is 6.85. The van der Waals surface area contributed by atoms with E-state index in [1.807, 2.05) is 25.1 Å². The van der Waals surface area contributed by atoms with Gasteiger partial charge in [0.15, 0.2) is 5.70 Å². The SMILES string of the molecule is CCc1sc(C2=N/C(=C\c3ccc(NC(C)=O)cc3)C(=O)O2)cc1C. The van der Waals surface area contributed by atoms with Gasteiger partial charge in [0.05, 0.1) is 4.88 Å². The van der Waals surface area contributed by atoms with Crippen molar-refractivity contribution in [1.29, 1.82) is 0 Å². The number of aliphatic imine (C=N–C) groups is 1. The van der Waals surface area contributed by atoms with Crippen LogP contribution in [0.15, 0.2) is 41.0 Å². The van der Waals surface area contributed by atoms with Gasteiger partial charge in [0.1, 0.15) is 0 Å². The van der Waals surface area contributed by atoms with E-state index >= 15 is 0 Å². The third-order valence-corrected chi connectivity index (χ3v) is 5.08. The summed E-state index contributed by atoms with van der Waals surface area (Å²) in [5.74, 6) is -0.221. The van der Waals surface area contributed by atoms with Gasteiger partial charge in [0.2, 0.25) is 11.8 Å². The zero-order valence-electron chi connectivity index (χ0n) is 14.3. The Labute approximate surface area is 150 Å². The molecule has 0 saturated carbocycles. The molecule has 1 aliphatic rings. The van der Waals surface area contributed by atoms with Crippen LogP contribution in [0.3, 0.4) is 0 Å². The van der Waals surface area contributed by atoms with Gasteiger partial charge < -0.3 is 10.1 Å². The van der Waals surface area contributed by atoms with Gasteiger partial charge in [0, 0.05) is 17.5 Å². The number of amides is 1. The van der Waals surface area contributed by atoms with E-state index < -0.39 is 5.97 Å². The normalized spacial score (nSPS) is 15.2. The maximum Gasteiger partial charge on any atom is 0.363 e. The minimum absolute atomic E-state index is 0.127. The van der Waals surface area contributed by atoms with Gasteiger partial charge in [-0.2, -0.15) is 0 Å². The molecule has 25 heavy (non-hydrogen) atoms. The summed E-state index contributed by atoms with van der Waals surface area (Å²) >= 11 is 1.60. The van der Waals surface area contributed by atoms with Crippen LogP contribution >= 0.6 is 11.3 Å². The van der Waals surface area contributed by atoms with Crippen LogP contribution in [0.1, 0.15) is 34.7 Å². The van der Waals surface area contributed by atoms with Crippen LogP contribution in [0.4, 0.5) is 5.69 Å². The Morgan fingerprint density at radius 3 is 2.64 bits per heavy atom. The molecule has 0 aliphatic carbocycles. The Bertz CT molecular complexity index is 892. The number of nitrogens with zero attached hydrogens (tertiary/aromatic N) is 1. The molecular formula is C19H18N2O3S. The molecule has 0 atom stereocenters. The second-order valence-electron chi connectivity index (χ2n) is 5.71. The van der Waals surface area contributed by atoms with Crippen molar-refractivity contribution in [1.82, 2.24) is 0 Å². The Hall–Kier alpha value is -2.73. The molecule has 6 heteroatoms. The first kappa shape index (κ1) is 17.1. The van der Waals surface area contributed by atoms with Crippen molar-refractivity contribution >= 4 is 40.9 Å². The molecule has 0 unspecified atom stereocenters. The van der Waals surface area contributed by atoms with Crippen molar-refractivity contribution in [3.63, 3.8) is 0 Å². The molecule has 2 aromatic rings. The molecule has 0 spiro atoms. The lowest BCUT2D eigenvalue weighted by Crippen LogP contribution is -2.05. The number of anilines is 1. The molecule has 1 amide bonds. The van der Waals surface area contributed by atoms with Gasteiger partial charge in [-0.1, -0.05) is 19.1 Å². The molecule has 0 fully saturated rings. The lowest BCUT2D eigenvalue weighted by atomic mass is 10.2. The van der Waals surface area contributed by atoms with Gasteiger partial charge in [-0.05, 0) is 48.7 Å². The lowest BCUT2D eigenvalue weighted by Gasteiger charge is -2.01. The Morgan fingerprint density at radius 2 is 2.04 bits per heavy atom. The maximum atomic E-state index is 12.1. The number of cyclic esters (lactones) is 1. The van der Waals surface area contributed by atoms with Crippen LogP contribution < -0.4 is 5.32 Å². The van der Waals surface area contributed by atoms with Gasteiger partial charge in [0.25, 0.3) is 0 Å². The standard InChI is InChI=1S/C19H18N2O3S/c1-4-16-11(2)9-17(25-16)18-21-15(19(23)24-18)10-13-5-7-14(8-6-13)20-12(3)22/h5-10H,4H2,1-3H3,(H,20,22)/b15-10-. The Kier molecular flexibility index (Phi) is 4.81. The minimum Gasteiger partial charge on any atom is -0.401 e. The second kappa shape index (κ2) is 7.03. The summed E-state index contributed by atoms with van der Waals surface area (Å²) in [6.45, 7) is 5.60. The highest BCUT2D eigenvalue weighted by Crippen LogP contribution is 2.27. The van der Waals surface area contributed by atoms with Crippen LogP contribution in [0.5, 0.6) is 0 Å². The van der Waals surface area contributed by atoms with Gasteiger partial charge >= 0.3 is 5.97 Å². The highest BCUT2D eigenvalue weighted by atomic mass is 32.1. The van der Waals surface area contributed by atoms with Crippen LogP contribution in [0, 0.1) is 6.92 Å². The quantitative estimate of drug-likeness (QED) is 0.668. The van der Waals surface area contributed by atoms with Crippen LogP contribution in [-0.2, 0) is 20.7 Å². The van der Waals surface area contributed by atoms with E-state index in [0.717, 1.165) is 16.9 Å².